The standard InChI is InChI=1S/C12H24N2O/c1-11(12-10-13-6-9-15-12)14-7-4-2-3-5-8-14/h11-13H,2-10H2,1H3. The maximum atomic E-state index is 5.83. The molecule has 2 rings (SSSR count). The Bertz CT molecular complexity index is 172. The first-order valence-electron chi connectivity index (χ1n) is 6.44. The van der Waals surface area contributed by atoms with Crippen LogP contribution in [0, 0.1) is 0 Å². The number of hydrogen-bond acceptors (Lipinski definition) is 3. The lowest BCUT2D eigenvalue weighted by Crippen LogP contribution is -2.51. The van der Waals surface area contributed by atoms with Crippen LogP contribution in [-0.4, -0.2) is 49.8 Å². The Balaban J connectivity index is 1.83. The van der Waals surface area contributed by atoms with E-state index in [9.17, 15) is 0 Å². The molecule has 0 aromatic carbocycles. The van der Waals surface area contributed by atoms with Crippen LogP contribution in [0.3, 0.4) is 0 Å². The molecule has 2 aliphatic heterocycles. The Kier molecular flexibility index (Phi) is 4.42. The van der Waals surface area contributed by atoms with Crippen LogP contribution in [0.1, 0.15) is 32.6 Å². The van der Waals surface area contributed by atoms with Gasteiger partial charge in [0.05, 0.1) is 12.7 Å². The summed E-state index contributed by atoms with van der Waals surface area (Å²) in [5, 5.41) is 3.42. The molecule has 2 aliphatic rings. The van der Waals surface area contributed by atoms with E-state index in [1.807, 2.05) is 0 Å². The summed E-state index contributed by atoms with van der Waals surface area (Å²) in [6.07, 6.45) is 5.95. The zero-order chi connectivity index (χ0) is 10.5. The number of nitrogens with zero attached hydrogens (tertiary/aromatic N) is 1. The highest BCUT2D eigenvalue weighted by Crippen LogP contribution is 2.16. The molecule has 88 valence electrons. The summed E-state index contributed by atoms with van der Waals surface area (Å²) in [6, 6.07) is 0.580. The van der Waals surface area contributed by atoms with Gasteiger partial charge >= 0.3 is 0 Å². The molecule has 15 heavy (non-hydrogen) atoms. The van der Waals surface area contributed by atoms with Crippen LogP contribution < -0.4 is 5.32 Å². The molecular weight excluding hydrogens is 188 g/mol. The van der Waals surface area contributed by atoms with Crippen LogP contribution in [0.4, 0.5) is 0 Å². The van der Waals surface area contributed by atoms with Crippen LogP contribution in [-0.2, 0) is 4.74 Å². The highest BCUT2D eigenvalue weighted by atomic mass is 16.5. The van der Waals surface area contributed by atoms with Crippen LogP contribution in [0.5, 0.6) is 0 Å². The monoisotopic (exact) mass is 212 g/mol. The summed E-state index contributed by atoms with van der Waals surface area (Å²) >= 11 is 0. The average molecular weight is 212 g/mol. The summed E-state index contributed by atoms with van der Waals surface area (Å²) in [6.45, 7) is 7.77. The molecule has 2 unspecified atom stereocenters. The lowest BCUT2D eigenvalue weighted by molar-refractivity contribution is -0.0253. The van der Waals surface area contributed by atoms with Crippen molar-refractivity contribution < 1.29 is 4.74 Å². The molecule has 0 aromatic rings. The predicted molar refractivity (Wildman–Crippen MR) is 62.1 cm³/mol. The molecule has 3 heteroatoms. The van der Waals surface area contributed by atoms with Crippen molar-refractivity contribution in [1.82, 2.24) is 10.2 Å². The zero-order valence-electron chi connectivity index (χ0n) is 9.87. The number of morpholine rings is 1. The SMILES string of the molecule is CC(C1CNCCO1)N1CCCCCC1. The molecule has 0 aliphatic carbocycles. The van der Waals surface area contributed by atoms with E-state index in [1.54, 1.807) is 0 Å². The summed E-state index contributed by atoms with van der Waals surface area (Å²) in [4.78, 5) is 2.62. The number of nitrogens with one attached hydrogen (secondary N) is 1. The second-order valence-corrected chi connectivity index (χ2v) is 4.80. The Morgan fingerprint density at radius 3 is 2.53 bits per heavy atom. The summed E-state index contributed by atoms with van der Waals surface area (Å²) < 4.78 is 5.83. The smallest absolute Gasteiger partial charge is 0.0852 e. The molecular formula is C12H24N2O. The van der Waals surface area contributed by atoms with Crippen molar-refractivity contribution in [2.24, 2.45) is 0 Å². The Hall–Kier alpha value is -0.120. The minimum Gasteiger partial charge on any atom is -0.374 e. The molecule has 0 amide bonds. The Morgan fingerprint density at radius 1 is 1.20 bits per heavy atom. The van der Waals surface area contributed by atoms with Gasteiger partial charge in [-0.15, -0.1) is 0 Å². The third kappa shape index (κ3) is 3.16. The second-order valence-electron chi connectivity index (χ2n) is 4.80. The van der Waals surface area contributed by atoms with Crippen LogP contribution >= 0.6 is 0 Å². The van der Waals surface area contributed by atoms with Crippen LogP contribution in [0.2, 0.25) is 0 Å². The van der Waals surface area contributed by atoms with Crippen LogP contribution in [0.15, 0.2) is 0 Å². The molecule has 3 nitrogen and oxygen atoms in total. The third-order valence-corrected chi connectivity index (χ3v) is 3.71. The van der Waals surface area contributed by atoms with E-state index < -0.39 is 0 Å². The van der Waals surface area contributed by atoms with Gasteiger partial charge in [-0.1, -0.05) is 12.8 Å². The van der Waals surface area contributed by atoms with E-state index in [1.165, 1.54) is 38.8 Å². The molecule has 0 radical (unpaired) electrons. The lowest BCUT2D eigenvalue weighted by atomic mass is 10.1. The molecule has 0 aromatic heterocycles. The van der Waals surface area contributed by atoms with Gasteiger partial charge in [0.2, 0.25) is 0 Å². The van der Waals surface area contributed by atoms with Gasteiger partial charge in [0.1, 0.15) is 0 Å². The Labute approximate surface area is 93.2 Å². The van der Waals surface area contributed by atoms with Gasteiger partial charge in [0.15, 0.2) is 0 Å². The van der Waals surface area contributed by atoms with Crippen molar-refractivity contribution >= 4 is 0 Å². The summed E-state index contributed by atoms with van der Waals surface area (Å²) in [5.41, 5.74) is 0. The van der Waals surface area contributed by atoms with Gasteiger partial charge < -0.3 is 10.1 Å². The third-order valence-electron chi connectivity index (χ3n) is 3.71. The van der Waals surface area contributed by atoms with Gasteiger partial charge in [-0.2, -0.15) is 0 Å². The van der Waals surface area contributed by atoms with E-state index >= 15 is 0 Å². The van der Waals surface area contributed by atoms with Crippen LogP contribution in [0.25, 0.3) is 0 Å². The highest BCUT2D eigenvalue weighted by Gasteiger charge is 2.26. The molecule has 1 N–H and O–H groups in total. The quantitative estimate of drug-likeness (QED) is 0.745. The first-order valence-corrected chi connectivity index (χ1v) is 6.44. The lowest BCUT2D eigenvalue weighted by Gasteiger charge is -2.36. The first kappa shape index (κ1) is 11.4. The van der Waals surface area contributed by atoms with E-state index in [0.29, 0.717) is 12.1 Å². The van der Waals surface area contributed by atoms with Gasteiger partial charge in [0, 0.05) is 19.1 Å². The molecule has 0 spiro atoms. The average Bonchev–Trinajstić information content (AvgIpc) is 2.58. The normalized spacial score (nSPS) is 32.2. The number of rotatable bonds is 2. The Morgan fingerprint density at radius 2 is 1.93 bits per heavy atom. The molecule has 2 fully saturated rings. The topological polar surface area (TPSA) is 24.5 Å². The van der Waals surface area contributed by atoms with E-state index in [2.05, 4.69) is 17.1 Å². The number of ether oxygens (including phenoxy) is 1. The van der Waals surface area contributed by atoms with Crippen molar-refractivity contribution in [3.05, 3.63) is 0 Å². The largest absolute Gasteiger partial charge is 0.374 e. The molecule has 0 bridgehead atoms. The van der Waals surface area contributed by atoms with Crippen molar-refractivity contribution in [2.75, 3.05) is 32.8 Å². The zero-order valence-corrected chi connectivity index (χ0v) is 9.87. The minimum atomic E-state index is 0.400. The molecule has 2 heterocycles. The van der Waals surface area contributed by atoms with Gasteiger partial charge in [-0.25, -0.2) is 0 Å². The fourth-order valence-electron chi connectivity index (χ4n) is 2.63. The molecule has 0 saturated carbocycles. The van der Waals surface area contributed by atoms with Gasteiger partial charge in [-0.05, 0) is 32.9 Å². The van der Waals surface area contributed by atoms with Crippen molar-refractivity contribution in [3.63, 3.8) is 0 Å². The minimum absolute atomic E-state index is 0.400. The fourth-order valence-corrected chi connectivity index (χ4v) is 2.63. The van der Waals surface area contributed by atoms with E-state index in [-0.39, 0.29) is 0 Å². The second kappa shape index (κ2) is 5.83. The molecule has 2 saturated heterocycles. The maximum absolute atomic E-state index is 5.83. The molecule has 2 atom stereocenters. The van der Waals surface area contributed by atoms with Crippen molar-refractivity contribution in [3.8, 4) is 0 Å². The highest BCUT2D eigenvalue weighted by molar-refractivity contribution is 4.81. The fraction of sp³-hybridized carbons (Fsp3) is 1.00. The van der Waals surface area contributed by atoms with Crippen molar-refractivity contribution in [2.45, 2.75) is 44.8 Å². The maximum Gasteiger partial charge on any atom is 0.0852 e. The first-order chi connectivity index (χ1) is 7.38. The number of hydrogen-bond donors (Lipinski definition) is 1. The number of likely N-dealkylation sites (tertiary alicyclic amines) is 1. The van der Waals surface area contributed by atoms with Gasteiger partial charge in [0.25, 0.3) is 0 Å². The predicted octanol–water partition coefficient (Wildman–Crippen LogP) is 1.24. The summed E-state index contributed by atoms with van der Waals surface area (Å²) in [7, 11) is 0. The van der Waals surface area contributed by atoms with E-state index in [4.69, 9.17) is 4.74 Å². The van der Waals surface area contributed by atoms with Crippen molar-refractivity contribution in [1.29, 1.82) is 0 Å². The summed E-state index contributed by atoms with van der Waals surface area (Å²) in [5.74, 6) is 0. The van der Waals surface area contributed by atoms with E-state index in [0.717, 1.165) is 19.7 Å². The van der Waals surface area contributed by atoms with Gasteiger partial charge in [-0.3, -0.25) is 4.90 Å².